The summed E-state index contributed by atoms with van der Waals surface area (Å²) in [7, 11) is 0. The molecule has 0 saturated carbocycles. The zero-order valence-corrected chi connectivity index (χ0v) is 8.73. The molecule has 1 unspecified atom stereocenters. The van der Waals surface area contributed by atoms with Crippen molar-refractivity contribution >= 4 is 5.97 Å². The van der Waals surface area contributed by atoms with Crippen LogP contribution in [0, 0.1) is 23.3 Å². The molecular weight excluding hydrogens is 242 g/mol. The van der Waals surface area contributed by atoms with E-state index in [1.165, 1.54) is 6.92 Å². The van der Waals surface area contributed by atoms with Crippen molar-refractivity contribution in [3.8, 4) is 0 Å². The Bertz CT molecular complexity index is 447. The predicted octanol–water partition coefficient (Wildman–Crippen LogP) is 2.00. The fourth-order valence-corrected chi connectivity index (χ4v) is 1.39. The Morgan fingerprint density at radius 3 is 1.88 bits per heavy atom. The van der Waals surface area contributed by atoms with Gasteiger partial charge in [-0.1, -0.05) is 6.92 Å². The van der Waals surface area contributed by atoms with Gasteiger partial charge in [0.05, 0.1) is 0 Å². The van der Waals surface area contributed by atoms with E-state index in [0.29, 0.717) is 0 Å². The van der Waals surface area contributed by atoms with Gasteiger partial charge in [-0.15, -0.1) is 0 Å². The predicted molar refractivity (Wildman–Crippen MR) is 50.7 cm³/mol. The minimum absolute atomic E-state index is 0.237. The van der Waals surface area contributed by atoms with E-state index in [9.17, 15) is 22.4 Å². The Morgan fingerprint density at radius 1 is 1.18 bits per heavy atom. The number of halogens is 4. The molecule has 1 rings (SSSR count). The van der Waals surface area contributed by atoms with E-state index in [4.69, 9.17) is 10.8 Å². The molecule has 0 aromatic heterocycles. The minimum atomic E-state index is -2.08. The van der Waals surface area contributed by atoms with E-state index in [0.717, 1.165) is 0 Å². The van der Waals surface area contributed by atoms with Gasteiger partial charge in [0.15, 0.2) is 23.3 Å². The number of hydrogen-bond donors (Lipinski definition) is 2. The quantitative estimate of drug-likeness (QED) is 0.638. The van der Waals surface area contributed by atoms with E-state index in [1.54, 1.807) is 0 Å². The molecule has 1 aromatic rings. The second-order valence-corrected chi connectivity index (χ2v) is 3.49. The minimum Gasteiger partial charge on any atom is -0.477 e. The van der Waals surface area contributed by atoms with Crippen LogP contribution in [0.3, 0.4) is 0 Å². The van der Waals surface area contributed by atoms with E-state index >= 15 is 0 Å². The Kier molecular flexibility index (Phi) is 3.72. The third-order valence-corrected chi connectivity index (χ3v) is 2.36. The molecule has 3 nitrogen and oxygen atoms in total. The van der Waals surface area contributed by atoms with Crippen LogP contribution in [0.2, 0.25) is 0 Å². The summed E-state index contributed by atoms with van der Waals surface area (Å²) in [6.07, 6.45) is 0. The van der Waals surface area contributed by atoms with Crippen molar-refractivity contribution in [2.24, 2.45) is 5.73 Å². The van der Waals surface area contributed by atoms with Gasteiger partial charge in [-0.3, -0.25) is 0 Å². The van der Waals surface area contributed by atoms with Gasteiger partial charge in [0.1, 0.15) is 5.56 Å². The summed E-state index contributed by atoms with van der Waals surface area (Å²) < 4.78 is 53.3. The Morgan fingerprint density at radius 2 is 1.59 bits per heavy atom. The molecule has 0 aliphatic heterocycles. The lowest BCUT2D eigenvalue weighted by Gasteiger charge is -2.14. The lowest BCUT2D eigenvalue weighted by atomic mass is 9.97. The zero-order chi connectivity index (χ0) is 13.3. The molecule has 0 aliphatic rings. The highest BCUT2D eigenvalue weighted by molar-refractivity contribution is 5.88. The molecule has 0 heterocycles. The molecule has 0 bridgehead atoms. The maximum absolute atomic E-state index is 13.4. The number of carboxylic acids is 1. The van der Waals surface area contributed by atoms with Gasteiger partial charge in [-0.25, -0.2) is 22.4 Å². The van der Waals surface area contributed by atoms with Crippen LogP contribution < -0.4 is 5.73 Å². The summed E-state index contributed by atoms with van der Waals surface area (Å²) in [6, 6.07) is 0. The van der Waals surface area contributed by atoms with Gasteiger partial charge in [0.25, 0.3) is 0 Å². The number of carbonyl (C=O) groups is 1. The summed E-state index contributed by atoms with van der Waals surface area (Å²) in [5.74, 6) is -10.3. The van der Waals surface area contributed by atoms with Crippen LogP contribution in [-0.2, 0) is 0 Å². The standard InChI is InChI=1S/C10H9F4NO2/c1-3(2-15)4-6(11)8(13)5(10(16)17)9(14)7(4)12/h3H,2,15H2,1H3,(H,16,17). The molecule has 0 saturated heterocycles. The highest BCUT2D eigenvalue weighted by Crippen LogP contribution is 2.29. The van der Waals surface area contributed by atoms with Crippen LogP contribution in [-0.4, -0.2) is 17.6 Å². The van der Waals surface area contributed by atoms with Crippen molar-refractivity contribution in [2.45, 2.75) is 12.8 Å². The van der Waals surface area contributed by atoms with Crippen LogP contribution in [0.15, 0.2) is 0 Å². The molecule has 1 aromatic carbocycles. The Hall–Kier alpha value is -1.63. The zero-order valence-electron chi connectivity index (χ0n) is 8.73. The van der Waals surface area contributed by atoms with Crippen LogP contribution in [0.25, 0.3) is 0 Å². The maximum atomic E-state index is 13.4. The fraction of sp³-hybridized carbons (Fsp3) is 0.300. The number of benzene rings is 1. The van der Waals surface area contributed by atoms with Gasteiger partial charge < -0.3 is 10.8 Å². The molecule has 17 heavy (non-hydrogen) atoms. The monoisotopic (exact) mass is 251 g/mol. The largest absolute Gasteiger partial charge is 0.477 e. The molecule has 3 N–H and O–H groups in total. The molecule has 7 heteroatoms. The summed E-state index contributed by atoms with van der Waals surface area (Å²) in [5.41, 5.74) is 2.62. The van der Waals surface area contributed by atoms with E-state index in [-0.39, 0.29) is 6.54 Å². The van der Waals surface area contributed by atoms with Crippen LogP contribution in [0.5, 0.6) is 0 Å². The smallest absolute Gasteiger partial charge is 0.341 e. The molecule has 0 amide bonds. The van der Waals surface area contributed by atoms with Gasteiger partial charge in [0, 0.05) is 5.56 Å². The number of nitrogens with two attached hydrogens (primary N) is 1. The third-order valence-electron chi connectivity index (χ3n) is 2.36. The average molecular weight is 251 g/mol. The van der Waals surface area contributed by atoms with E-state index in [1.807, 2.05) is 0 Å². The third kappa shape index (κ3) is 2.10. The van der Waals surface area contributed by atoms with Crippen LogP contribution in [0.4, 0.5) is 17.6 Å². The Labute approximate surface area is 93.8 Å². The Balaban J connectivity index is 3.64. The normalized spacial score (nSPS) is 12.6. The van der Waals surface area contributed by atoms with Gasteiger partial charge in [0.2, 0.25) is 0 Å². The van der Waals surface area contributed by atoms with Crippen molar-refractivity contribution in [1.29, 1.82) is 0 Å². The fourth-order valence-electron chi connectivity index (χ4n) is 1.39. The second kappa shape index (κ2) is 4.70. The van der Waals surface area contributed by atoms with Gasteiger partial charge in [-0.2, -0.15) is 0 Å². The van der Waals surface area contributed by atoms with Crippen LogP contribution >= 0.6 is 0 Å². The molecule has 0 fully saturated rings. The SMILES string of the molecule is CC(CN)c1c(F)c(F)c(C(=O)O)c(F)c1F. The molecule has 94 valence electrons. The van der Waals surface area contributed by atoms with E-state index < -0.39 is 46.3 Å². The first-order valence-electron chi connectivity index (χ1n) is 4.62. The van der Waals surface area contributed by atoms with Gasteiger partial charge in [-0.05, 0) is 12.5 Å². The second-order valence-electron chi connectivity index (χ2n) is 3.49. The van der Waals surface area contributed by atoms with Crippen LogP contribution in [0.1, 0.15) is 28.8 Å². The average Bonchev–Trinajstić information content (AvgIpc) is 2.26. The number of aromatic carboxylic acids is 1. The highest BCUT2D eigenvalue weighted by Gasteiger charge is 2.30. The first-order chi connectivity index (χ1) is 7.82. The lowest BCUT2D eigenvalue weighted by Crippen LogP contribution is -2.18. The highest BCUT2D eigenvalue weighted by atomic mass is 19.2. The topological polar surface area (TPSA) is 63.3 Å². The first kappa shape index (κ1) is 13.4. The summed E-state index contributed by atoms with van der Waals surface area (Å²) in [4.78, 5) is 10.5. The molecule has 0 spiro atoms. The van der Waals surface area contributed by atoms with Crippen molar-refractivity contribution < 1.29 is 27.5 Å². The summed E-state index contributed by atoms with van der Waals surface area (Å²) in [5, 5.41) is 8.44. The summed E-state index contributed by atoms with van der Waals surface area (Å²) >= 11 is 0. The first-order valence-corrected chi connectivity index (χ1v) is 4.62. The van der Waals surface area contributed by atoms with Crippen molar-refractivity contribution in [1.82, 2.24) is 0 Å². The maximum Gasteiger partial charge on any atom is 0.341 e. The molecule has 0 radical (unpaired) electrons. The molecular formula is C10H9F4NO2. The number of rotatable bonds is 3. The number of hydrogen-bond acceptors (Lipinski definition) is 2. The van der Waals surface area contributed by atoms with Gasteiger partial charge >= 0.3 is 5.97 Å². The molecule has 0 aliphatic carbocycles. The lowest BCUT2D eigenvalue weighted by molar-refractivity contribution is 0.0683. The van der Waals surface area contributed by atoms with Crippen molar-refractivity contribution in [2.75, 3.05) is 6.54 Å². The van der Waals surface area contributed by atoms with Crippen molar-refractivity contribution in [3.05, 3.63) is 34.4 Å². The number of carboxylic acid groups (broad SMARTS) is 1. The molecule has 1 atom stereocenters. The van der Waals surface area contributed by atoms with Crippen molar-refractivity contribution in [3.63, 3.8) is 0 Å². The van der Waals surface area contributed by atoms with E-state index in [2.05, 4.69) is 0 Å². The summed E-state index contributed by atoms with van der Waals surface area (Å²) in [6.45, 7) is 1.03.